The maximum atomic E-state index is 9.73. The Kier molecular flexibility index (Phi) is 3.27. The summed E-state index contributed by atoms with van der Waals surface area (Å²) < 4.78 is 0. The quantitative estimate of drug-likeness (QED) is 0.753. The Morgan fingerprint density at radius 1 is 1.41 bits per heavy atom. The topological polar surface area (TPSA) is 37.6 Å². The van der Waals surface area contributed by atoms with Gasteiger partial charge in [-0.15, -0.1) is 6.42 Å². The lowest BCUT2D eigenvalue weighted by Crippen LogP contribution is -3.07. The van der Waals surface area contributed by atoms with Crippen molar-refractivity contribution < 1.29 is 10.0 Å². The molecule has 0 aliphatic rings. The summed E-state index contributed by atoms with van der Waals surface area (Å²) in [7, 11) is 2.05. The monoisotopic (exact) mass is 227 g/mol. The Morgan fingerprint density at radius 3 is 3.00 bits per heavy atom. The summed E-state index contributed by atoms with van der Waals surface area (Å²) in [6.45, 7) is 1.51. The number of rotatable bonds is 3. The molecule has 0 fully saturated rings. The number of quaternary nitrogens is 1. The van der Waals surface area contributed by atoms with Crippen LogP contribution in [-0.4, -0.2) is 23.7 Å². The standard InChI is InChI=1S/C14H14N2O/c1-3-9-16(2)10-11-6-7-13(17)14-12(11)5-4-8-15-14/h1,4-8,17H,9-10H2,2H3/p+1. The molecule has 1 atom stereocenters. The number of aromatic hydroxyl groups is 1. The number of aromatic nitrogens is 1. The normalized spacial score (nSPS) is 12.2. The number of phenols is 1. The summed E-state index contributed by atoms with van der Waals surface area (Å²) in [5, 5.41) is 10.7. The van der Waals surface area contributed by atoms with Crippen LogP contribution in [0.2, 0.25) is 0 Å². The first-order valence-corrected chi connectivity index (χ1v) is 5.52. The van der Waals surface area contributed by atoms with Crippen LogP contribution < -0.4 is 4.90 Å². The minimum atomic E-state index is 0.221. The van der Waals surface area contributed by atoms with E-state index in [2.05, 4.69) is 18.0 Å². The van der Waals surface area contributed by atoms with Crippen LogP contribution >= 0.6 is 0 Å². The molecule has 0 bridgehead atoms. The van der Waals surface area contributed by atoms with Crippen molar-refractivity contribution in [1.29, 1.82) is 0 Å². The SMILES string of the molecule is C#CC[NH+](C)Cc1ccc(O)c2ncccc12. The summed E-state index contributed by atoms with van der Waals surface area (Å²) in [5.41, 5.74) is 1.80. The van der Waals surface area contributed by atoms with Gasteiger partial charge in [-0.2, -0.15) is 0 Å². The second-order valence-corrected chi connectivity index (χ2v) is 4.16. The molecule has 0 saturated carbocycles. The fraction of sp³-hybridized carbons (Fsp3) is 0.214. The molecule has 1 unspecified atom stereocenters. The fourth-order valence-corrected chi connectivity index (χ4v) is 1.93. The molecule has 1 aromatic heterocycles. The smallest absolute Gasteiger partial charge is 0.141 e. The number of hydrogen-bond donors (Lipinski definition) is 2. The molecule has 0 radical (unpaired) electrons. The van der Waals surface area contributed by atoms with Crippen molar-refractivity contribution in [3.8, 4) is 18.1 Å². The van der Waals surface area contributed by atoms with E-state index in [0.29, 0.717) is 12.1 Å². The molecule has 2 rings (SSSR count). The Hall–Kier alpha value is -2.05. The molecule has 1 aromatic carbocycles. The molecule has 1 heterocycles. The molecular formula is C14H15N2O+. The van der Waals surface area contributed by atoms with Gasteiger partial charge in [-0.1, -0.05) is 6.07 Å². The Morgan fingerprint density at radius 2 is 2.24 bits per heavy atom. The number of hydrogen-bond acceptors (Lipinski definition) is 2. The van der Waals surface area contributed by atoms with Gasteiger partial charge in [0, 0.05) is 17.1 Å². The summed E-state index contributed by atoms with van der Waals surface area (Å²) >= 11 is 0. The lowest BCUT2D eigenvalue weighted by molar-refractivity contribution is -0.886. The maximum absolute atomic E-state index is 9.73. The second-order valence-electron chi connectivity index (χ2n) is 4.16. The highest BCUT2D eigenvalue weighted by molar-refractivity contribution is 5.86. The molecule has 0 amide bonds. The fourth-order valence-electron chi connectivity index (χ4n) is 1.93. The van der Waals surface area contributed by atoms with Crippen molar-refractivity contribution in [1.82, 2.24) is 4.98 Å². The van der Waals surface area contributed by atoms with Crippen LogP contribution in [0.5, 0.6) is 5.75 Å². The zero-order valence-corrected chi connectivity index (χ0v) is 9.77. The molecular weight excluding hydrogens is 212 g/mol. The first-order chi connectivity index (χ1) is 8.22. The average Bonchev–Trinajstić information content (AvgIpc) is 2.34. The highest BCUT2D eigenvalue weighted by Crippen LogP contribution is 2.24. The molecule has 0 aliphatic heterocycles. The minimum absolute atomic E-state index is 0.221. The first-order valence-electron chi connectivity index (χ1n) is 5.52. The number of nitrogens with zero attached hydrogens (tertiary/aromatic N) is 1. The Bertz CT molecular complexity index is 572. The minimum Gasteiger partial charge on any atom is -0.506 e. The van der Waals surface area contributed by atoms with Gasteiger partial charge in [0.2, 0.25) is 0 Å². The van der Waals surface area contributed by atoms with Crippen molar-refractivity contribution in [2.45, 2.75) is 6.54 Å². The van der Waals surface area contributed by atoms with E-state index < -0.39 is 0 Å². The molecule has 0 saturated heterocycles. The number of nitrogens with one attached hydrogen (secondary N) is 1. The number of fused-ring (bicyclic) bond motifs is 1. The van der Waals surface area contributed by atoms with Gasteiger partial charge in [0.05, 0.1) is 7.05 Å². The van der Waals surface area contributed by atoms with Crippen LogP contribution in [0.25, 0.3) is 10.9 Å². The molecule has 2 aromatic rings. The molecule has 0 aliphatic carbocycles. The van der Waals surface area contributed by atoms with Gasteiger partial charge in [-0.3, -0.25) is 4.98 Å². The van der Waals surface area contributed by atoms with Crippen LogP contribution in [0.3, 0.4) is 0 Å². The van der Waals surface area contributed by atoms with Gasteiger partial charge < -0.3 is 10.0 Å². The van der Waals surface area contributed by atoms with Crippen LogP contribution in [0.15, 0.2) is 30.5 Å². The number of phenolic OH excluding ortho intramolecular Hbond substituents is 1. The zero-order valence-electron chi connectivity index (χ0n) is 9.77. The summed E-state index contributed by atoms with van der Waals surface area (Å²) in [4.78, 5) is 5.43. The summed E-state index contributed by atoms with van der Waals surface area (Å²) in [6, 6.07) is 7.47. The maximum Gasteiger partial charge on any atom is 0.141 e. The van der Waals surface area contributed by atoms with Crippen molar-refractivity contribution in [3.63, 3.8) is 0 Å². The largest absolute Gasteiger partial charge is 0.506 e. The van der Waals surface area contributed by atoms with Gasteiger partial charge >= 0.3 is 0 Å². The number of benzene rings is 1. The third-order valence-corrected chi connectivity index (χ3v) is 2.73. The van der Waals surface area contributed by atoms with E-state index in [1.807, 2.05) is 18.2 Å². The highest BCUT2D eigenvalue weighted by atomic mass is 16.3. The van der Waals surface area contributed by atoms with Crippen molar-refractivity contribution in [3.05, 3.63) is 36.0 Å². The molecule has 2 N–H and O–H groups in total. The van der Waals surface area contributed by atoms with E-state index in [-0.39, 0.29) is 5.75 Å². The number of terminal acetylenes is 1. The third-order valence-electron chi connectivity index (χ3n) is 2.73. The molecule has 3 nitrogen and oxygen atoms in total. The molecule has 17 heavy (non-hydrogen) atoms. The van der Waals surface area contributed by atoms with E-state index in [4.69, 9.17) is 6.42 Å². The lowest BCUT2D eigenvalue weighted by Gasteiger charge is -2.12. The lowest BCUT2D eigenvalue weighted by atomic mass is 10.1. The van der Waals surface area contributed by atoms with Gasteiger partial charge in [0.1, 0.15) is 24.4 Å². The second kappa shape index (κ2) is 4.86. The molecule has 3 heteroatoms. The van der Waals surface area contributed by atoms with E-state index in [9.17, 15) is 5.11 Å². The first kappa shape index (κ1) is 11.4. The predicted molar refractivity (Wildman–Crippen MR) is 67.7 cm³/mol. The van der Waals surface area contributed by atoms with Gasteiger partial charge in [-0.05, 0) is 24.1 Å². The van der Waals surface area contributed by atoms with E-state index in [1.54, 1.807) is 12.3 Å². The van der Waals surface area contributed by atoms with Gasteiger partial charge in [0.25, 0.3) is 0 Å². The zero-order chi connectivity index (χ0) is 12.3. The van der Waals surface area contributed by atoms with Crippen LogP contribution in [0.4, 0.5) is 0 Å². The van der Waals surface area contributed by atoms with Crippen molar-refractivity contribution >= 4 is 10.9 Å². The van der Waals surface area contributed by atoms with Crippen molar-refractivity contribution in [2.75, 3.05) is 13.6 Å². The number of pyridine rings is 1. The van der Waals surface area contributed by atoms with Gasteiger partial charge in [-0.25, -0.2) is 0 Å². The average molecular weight is 227 g/mol. The Balaban J connectivity index is 2.42. The van der Waals surface area contributed by atoms with Gasteiger partial charge in [0.15, 0.2) is 0 Å². The van der Waals surface area contributed by atoms with Crippen LogP contribution in [-0.2, 0) is 6.54 Å². The van der Waals surface area contributed by atoms with E-state index in [0.717, 1.165) is 17.5 Å². The predicted octanol–water partition coefficient (Wildman–Crippen LogP) is 0.588. The van der Waals surface area contributed by atoms with Crippen molar-refractivity contribution in [2.24, 2.45) is 0 Å². The molecule has 86 valence electrons. The summed E-state index contributed by atoms with van der Waals surface area (Å²) in [6.07, 6.45) is 6.98. The van der Waals surface area contributed by atoms with E-state index >= 15 is 0 Å². The van der Waals surface area contributed by atoms with Crippen LogP contribution in [0, 0.1) is 12.3 Å². The summed E-state index contributed by atoms with van der Waals surface area (Å²) in [5.74, 6) is 2.87. The third kappa shape index (κ3) is 2.38. The Labute approximate surface area is 101 Å². The molecule has 0 spiro atoms. The highest BCUT2D eigenvalue weighted by Gasteiger charge is 2.09. The van der Waals surface area contributed by atoms with Crippen LogP contribution in [0.1, 0.15) is 5.56 Å². The van der Waals surface area contributed by atoms with E-state index in [1.165, 1.54) is 4.90 Å².